The summed E-state index contributed by atoms with van der Waals surface area (Å²) in [4.78, 5) is 13.5. The van der Waals surface area contributed by atoms with Crippen molar-refractivity contribution in [1.29, 1.82) is 0 Å². The van der Waals surface area contributed by atoms with E-state index in [0.717, 1.165) is 5.56 Å². The van der Waals surface area contributed by atoms with Crippen LogP contribution in [0.1, 0.15) is 5.56 Å². The van der Waals surface area contributed by atoms with Gasteiger partial charge in [0.1, 0.15) is 0 Å². The molecule has 0 fully saturated rings. The largest absolute Gasteiger partial charge is 0.456 e. The molecular weight excluding hydrogens is 345 g/mol. The predicted molar refractivity (Wildman–Crippen MR) is 90.1 cm³/mol. The summed E-state index contributed by atoms with van der Waals surface area (Å²) in [6.45, 7) is 0.240. The van der Waals surface area contributed by atoms with Crippen LogP contribution < -0.4 is 10.8 Å². The standard InChI is InChI=1S/C14H10BCl3N2O2/c16-9-6-10-11(13(18)12(9)17)15(22)20(14(21)19-10)7-8-4-2-1-3-5-8/h1-6,22H,7H2,(H,19,21). The molecule has 2 aromatic carbocycles. The molecule has 0 spiro atoms. The van der Waals surface area contributed by atoms with Gasteiger partial charge in [0.25, 0.3) is 0 Å². The van der Waals surface area contributed by atoms with Crippen LogP contribution in [0.25, 0.3) is 0 Å². The maximum absolute atomic E-state index is 12.2. The topological polar surface area (TPSA) is 52.6 Å². The molecule has 3 rings (SSSR count). The monoisotopic (exact) mass is 354 g/mol. The Morgan fingerprint density at radius 3 is 2.50 bits per heavy atom. The molecule has 0 radical (unpaired) electrons. The lowest BCUT2D eigenvalue weighted by atomic mass is 9.69. The van der Waals surface area contributed by atoms with E-state index in [2.05, 4.69) is 5.32 Å². The van der Waals surface area contributed by atoms with Crippen molar-refractivity contribution in [3.8, 4) is 0 Å². The van der Waals surface area contributed by atoms with E-state index in [9.17, 15) is 9.82 Å². The molecule has 2 aromatic rings. The van der Waals surface area contributed by atoms with Crippen molar-refractivity contribution in [2.75, 3.05) is 5.32 Å². The molecular formula is C14H10BCl3N2O2. The Kier molecular flexibility index (Phi) is 4.23. The van der Waals surface area contributed by atoms with E-state index >= 15 is 0 Å². The first kappa shape index (κ1) is 15.5. The van der Waals surface area contributed by atoms with E-state index < -0.39 is 13.1 Å². The first-order valence-electron chi connectivity index (χ1n) is 6.46. The fourth-order valence-electron chi connectivity index (χ4n) is 2.36. The summed E-state index contributed by atoms with van der Waals surface area (Å²) >= 11 is 18.1. The molecule has 0 aromatic heterocycles. The number of carbonyl (C=O) groups excluding carboxylic acids is 1. The van der Waals surface area contributed by atoms with Gasteiger partial charge in [-0.15, -0.1) is 0 Å². The van der Waals surface area contributed by atoms with Gasteiger partial charge in [-0.1, -0.05) is 65.1 Å². The first-order valence-corrected chi connectivity index (χ1v) is 7.59. The van der Waals surface area contributed by atoms with Gasteiger partial charge in [-0.05, 0) is 11.6 Å². The van der Waals surface area contributed by atoms with Gasteiger partial charge < -0.3 is 15.2 Å². The Bertz CT molecular complexity index is 743. The number of hydrogen-bond acceptors (Lipinski definition) is 2. The lowest BCUT2D eigenvalue weighted by Crippen LogP contribution is -2.57. The number of amides is 2. The van der Waals surface area contributed by atoms with Crippen molar-refractivity contribution in [1.82, 2.24) is 4.81 Å². The van der Waals surface area contributed by atoms with Gasteiger partial charge in [0.15, 0.2) is 0 Å². The summed E-state index contributed by atoms with van der Waals surface area (Å²) in [5, 5.41) is 13.7. The van der Waals surface area contributed by atoms with Gasteiger partial charge in [0.05, 0.1) is 15.1 Å². The maximum atomic E-state index is 12.2. The average molecular weight is 355 g/mol. The second-order valence-electron chi connectivity index (χ2n) is 4.86. The normalized spacial score (nSPS) is 13.9. The molecule has 4 nitrogen and oxygen atoms in total. The van der Waals surface area contributed by atoms with Crippen LogP contribution in [0, 0.1) is 0 Å². The molecule has 2 amide bonds. The number of nitrogens with zero attached hydrogens (tertiary/aromatic N) is 1. The molecule has 1 heterocycles. The van der Waals surface area contributed by atoms with Crippen LogP contribution in [-0.4, -0.2) is 22.9 Å². The van der Waals surface area contributed by atoms with Crippen molar-refractivity contribution in [3.63, 3.8) is 0 Å². The molecule has 1 aliphatic heterocycles. The van der Waals surface area contributed by atoms with Crippen molar-refractivity contribution in [2.24, 2.45) is 0 Å². The molecule has 2 N–H and O–H groups in total. The molecule has 0 aliphatic carbocycles. The summed E-state index contributed by atoms with van der Waals surface area (Å²) in [6.07, 6.45) is 0. The Balaban J connectivity index is 2.00. The third-order valence-electron chi connectivity index (χ3n) is 3.45. The molecule has 112 valence electrons. The summed E-state index contributed by atoms with van der Waals surface area (Å²) in [5.74, 6) is 0. The second kappa shape index (κ2) is 6.01. The van der Waals surface area contributed by atoms with Crippen molar-refractivity contribution >= 4 is 59.0 Å². The Labute approximate surface area is 142 Å². The van der Waals surface area contributed by atoms with E-state index in [-0.39, 0.29) is 21.6 Å². The molecule has 8 heteroatoms. The van der Waals surface area contributed by atoms with Crippen molar-refractivity contribution in [3.05, 3.63) is 57.0 Å². The predicted octanol–water partition coefficient (Wildman–Crippen LogP) is 3.38. The Morgan fingerprint density at radius 2 is 1.82 bits per heavy atom. The van der Waals surface area contributed by atoms with Gasteiger partial charge in [0, 0.05) is 17.7 Å². The average Bonchev–Trinajstić information content (AvgIpc) is 2.50. The van der Waals surface area contributed by atoms with Crippen LogP contribution in [0.3, 0.4) is 0 Å². The van der Waals surface area contributed by atoms with Crippen molar-refractivity contribution < 1.29 is 9.82 Å². The number of urea groups is 1. The molecule has 0 saturated carbocycles. The van der Waals surface area contributed by atoms with Gasteiger partial charge in [-0.3, -0.25) is 0 Å². The summed E-state index contributed by atoms with van der Waals surface area (Å²) in [6, 6.07) is 10.4. The van der Waals surface area contributed by atoms with Gasteiger partial charge >= 0.3 is 13.1 Å². The number of halogens is 3. The van der Waals surface area contributed by atoms with E-state index in [4.69, 9.17) is 34.8 Å². The van der Waals surface area contributed by atoms with E-state index in [0.29, 0.717) is 11.2 Å². The minimum Gasteiger partial charge on any atom is -0.428 e. The van der Waals surface area contributed by atoms with Crippen LogP contribution in [0.5, 0.6) is 0 Å². The van der Waals surface area contributed by atoms with Crippen LogP contribution >= 0.6 is 34.8 Å². The molecule has 1 aliphatic rings. The molecule has 0 bridgehead atoms. The lowest BCUT2D eigenvalue weighted by Gasteiger charge is -2.32. The molecule has 0 unspecified atom stereocenters. The van der Waals surface area contributed by atoms with E-state index in [1.54, 1.807) is 0 Å². The zero-order valence-electron chi connectivity index (χ0n) is 11.2. The van der Waals surface area contributed by atoms with E-state index in [1.807, 2.05) is 30.3 Å². The third-order valence-corrected chi connectivity index (χ3v) is 4.73. The van der Waals surface area contributed by atoms with Crippen LogP contribution in [0.15, 0.2) is 36.4 Å². The second-order valence-corrected chi connectivity index (χ2v) is 6.03. The molecule has 0 atom stereocenters. The number of rotatable bonds is 2. The van der Waals surface area contributed by atoms with Crippen molar-refractivity contribution in [2.45, 2.75) is 6.54 Å². The van der Waals surface area contributed by atoms with E-state index in [1.165, 1.54) is 10.9 Å². The SMILES string of the molecule is O=C1Nc2cc(Cl)c(Cl)c(Cl)c2B(O)N1Cc1ccccc1. The number of anilines is 1. The maximum Gasteiger partial charge on any atom is 0.456 e. The zero-order chi connectivity index (χ0) is 15.9. The van der Waals surface area contributed by atoms with Gasteiger partial charge in [0.2, 0.25) is 0 Å². The smallest absolute Gasteiger partial charge is 0.428 e. The number of nitrogens with one attached hydrogen (secondary N) is 1. The number of hydrogen-bond donors (Lipinski definition) is 2. The molecule has 22 heavy (non-hydrogen) atoms. The summed E-state index contributed by atoms with van der Waals surface area (Å²) in [5.41, 5.74) is 1.59. The lowest BCUT2D eigenvalue weighted by molar-refractivity contribution is 0.229. The minimum absolute atomic E-state index is 0.134. The third kappa shape index (κ3) is 2.65. The molecule has 0 saturated heterocycles. The Morgan fingerprint density at radius 1 is 1.14 bits per heavy atom. The number of benzene rings is 2. The Hall–Kier alpha value is -1.40. The number of carbonyl (C=O) groups is 1. The summed E-state index contributed by atoms with van der Waals surface area (Å²) in [7, 11) is -1.20. The highest BCUT2D eigenvalue weighted by atomic mass is 35.5. The fraction of sp³-hybridized carbons (Fsp3) is 0.0714. The van der Waals surface area contributed by atoms with Crippen LogP contribution in [0.4, 0.5) is 10.5 Å². The van der Waals surface area contributed by atoms with Gasteiger partial charge in [-0.25, -0.2) is 4.79 Å². The van der Waals surface area contributed by atoms with Gasteiger partial charge in [-0.2, -0.15) is 0 Å². The zero-order valence-corrected chi connectivity index (χ0v) is 13.5. The highest BCUT2D eigenvalue weighted by molar-refractivity contribution is 6.73. The van der Waals surface area contributed by atoms with Crippen LogP contribution in [0.2, 0.25) is 15.1 Å². The first-order chi connectivity index (χ1) is 10.5. The quantitative estimate of drug-likeness (QED) is 0.641. The highest BCUT2D eigenvalue weighted by Gasteiger charge is 2.38. The summed E-state index contributed by atoms with van der Waals surface area (Å²) < 4.78 is 0. The minimum atomic E-state index is -1.20. The number of fused-ring (bicyclic) bond motifs is 1. The fourth-order valence-corrected chi connectivity index (χ4v) is 3.07. The van der Waals surface area contributed by atoms with Crippen LogP contribution in [-0.2, 0) is 6.54 Å². The highest BCUT2D eigenvalue weighted by Crippen LogP contribution is 2.33.